The molecule has 3 rings (SSSR count). The monoisotopic (exact) mass is 432 g/mol. The van der Waals surface area contributed by atoms with E-state index in [-0.39, 0.29) is 11.6 Å². The van der Waals surface area contributed by atoms with Crippen molar-refractivity contribution in [2.24, 2.45) is 0 Å². The van der Waals surface area contributed by atoms with Crippen molar-refractivity contribution in [1.29, 1.82) is 0 Å². The van der Waals surface area contributed by atoms with Crippen LogP contribution in [0.5, 0.6) is 0 Å². The number of nitrogens with one attached hydrogen (secondary N) is 2. The van der Waals surface area contributed by atoms with E-state index in [1.807, 2.05) is 60.7 Å². The van der Waals surface area contributed by atoms with Crippen molar-refractivity contribution in [2.75, 3.05) is 11.9 Å². The lowest BCUT2D eigenvalue weighted by Gasteiger charge is -2.18. The van der Waals surface area contributed by atoms with Crippen LogP contribution in [-0.4, -0.2) is 12.6 Å². The minimum Gasteiger partial charge on any atom is -0.338 e. The number of rotatable bonds is 6. The maximum absolute atomic E-state index is 13.0. The first-order chi connectivity index (χ1) is 14.3. The molecule has 7 heteroatoms. The third-order valence-corrected chi connectivity index (χ3v) is 4.98. The first-order valence-electron chi connectivity index (χ1n) is 9.36. The van der Waals surface area contributed by atoms with Crippen LogP contribution < -0.4 is 10.6 Å². The summed E-state index contributed by atoms with van der Waals surface area (Å²) in [5.74, 6) is 0.0834. The van der Waals surface area contributed by atoms with Gasteiger partial charge in [-0.05, 0) is 35.7 Å². The second kappa shape index (κ2) is 9.67. The maximum Gasteiger partial charge on any atom is 0.417 e. The zero-order chi connectivity index (χ0) is 21.6. The Morgan fingerprint density at radius 1 is 0.900 bits per heavy atom. The predicted octanol–water partition coefficient (Wildman–Crippen LogP) is 6.70. The Morgan fingerprint density at radius 3 is 2.00 bits per heavy atom. The van der Waals surface area contributed by atoms with E-state index in [1.165, 1.54) is 6.07 Å². The number of hydrogen-bond acceptors (Lipinski definition) is 1. The molecule has 30 heavy (non-hydrogen) atoms. The van der Waals surface area contributed by atoms with Gasteiger partial charge in [0, 0.05) is 18.2 Å². The van der Waals surface area contributed by atoms with Crippen molar-refractivity contribution in [2.45, 2.75) is 18.5 Å². The standard InChI is InChI=1S/C23H20ClF3N2O/c24-21-12-11-18(15-20(21)23(25,26)27)29-22(30)28-14-13-19(16-7-3-1-4-8-16)17-9-5-2-6-10-17/h1-12,15,19H,13-14H2,(H2,28,29,30). The van der Waals surface area contributed by atoms with Crippen LogP contribution in [0.15, 0.2) is 78.9 Å². The molecular weight excluding hydrogens is 413 g/mol. The lowest BCUT2D eigenvalue weighted by atomic mass is 9.88. The van der Waals surface area contributed by atoms with E-state index in [1.54, 1.807) is 0 Å². The van der Waals surface area contributed by atoms with Gasteiger partial charge >= 0.3 is 12.2 Å². The Bertz CT molecular complexity index is 939. The Balaban J connectivity index is 1.63. The number of benzene rings is 3. The molecule has 156 valence electrons. The lowest BCUT2D eigenvalue weighted by molar-refractivity contribution is -0.137. The largest absolute Gasteiger partial charge is 0.417 e. The number of carbonyl (C=O) groups excluding carboxylic acids is 1. The molecular formula is C23H20ClF3N2O. The molecule has 0 radical (unpaired) electrons. The van der Waals surface area contributed by atoms with Crippen molar-refractivity contribution in [1.82, 2.24) is 5.32 Å². The van der Waals surface area contributed by atoms with Gasteiger partial charge in [-0.15, -0.1) is 0 Å². The van der Waals surface area contributed by atoms with E-state index < -0.39 is 22.8 Å². The third-order valence-electron chi connectivity index (χ3n) is 4.65. The van der Waals surface area contributed by atoms with Gasteiger partial charge in [0.15, 0.2) is 0 Å². The molecule has 3 aromatic carbocycles. The SMILES string of the molecule is O=C(NCCC(c1ccccc1)c1ccccc1)Nc1ccc(Cl)c(C(F)(F)F)c1. The fourth-order valence-corrected chi connectivity index (χ4v) is 3.45. The molecule has 3 nitrogen and oxygen atoms in total. The second-order valence-corrected chi connectivity index (χ2v) is 7.14. The number of halogens is 4. The summed E-state index contributed by atoms with van der Waals surface area (Å²) in [5, 5.41) is 4.72. The van der Waals surface area contributed by atoms with Crippen molar-refractivity contribution in [3.63, 3.8) is 0 Å². The summed E-state index contributed by atoms with van der Waals surface area (Å²) < 4.78 is 38.9. The van der Waals surface area contributed by atoms with Crippen LogP contribution in [0, 0.1) is 0 Å². The van der Waals surface area contributed by atoms with Gasteiger partial charge in [-0.25, -0.2) is 4.79 Å². The number of urea groups is 1. The normalized spacial score (nSPS) is 11.4. The van der Waals surface area contributed by atoms with Gasteiger partial charge in [-0.2, -0.15) is 13.2 Å². The van der Waals surface area contributed by atoms with E-state index in [9.17, 15) is 18.0 Å². The van der Waals surface area contributed by atoms with E-state index in [0.29, 0.717) is 13.0 Å². The highest BCUT2D eigenvalue weighted by atomic mass is 35.5. The molecule has 0 aliphatic heterocycles. The molecule has 2 N–H and O–H groups in total. The molecule has 0 saturated carbocycles. The minimum absolute atomic E-state index is 0.0203. The van der Waals surface area contributed by atoms with Crippen LogP contribution >= 0.6 is 11.6 Å². The molecule has 0 saturated heterocycles. The Morgan fingerprint density at radius 2 is 1.47 bits per heavy atom. The lowest BCUT2D eigenvalue weighted by Crippen LogP contribution is -2.30. The third kappa shape index (κ3) is 5.76. The summed E-state index contributed by atoms with van der Waals surface area (Å²) in [6, 6.07) is 22.5. The van der Waals surface area contributed by atoms with Gasteiger partial charge in [-0.1, -0.05) is 72.3 Å². The fraction of sp³-hybridized carbons (Fsp3) is 0.174. The summed E-state index contributed by atoms with van der Waals surface area (Å²) in [6.45, 7) is 0.347. The van der Waals surface area contributed by atoms with Gasteiger partial charge in [0.2, 0.25) is 0 Å². The van der Waals surface area contributed by atoms with Crippen molar-refractivity contribution >= 4 is 23.3 Å². The van der Waals surface area contributed by atoms with Crippen molar-refractivity contribution in [3.8, 4) is 0 Å². The van der Waals surface area contributed by atoms with Crippen molar-refractivity contribution in [3.05, 3.63) is 101 Å². The van der Waals surface area contributed by atoms with Crippen LogP contribution in [0.2, 0.25) is 5.02 Å². The summed E-state index contributed by atoms with van der Waals surface area (Å²) in [5.41, 5.74) is 1.28. The second-order valence-electron chi connectivity index (χ2n) is 6.74. The fourth-order valence-electron chi connectivity index (χ4n) is 3.22. The summed E-state index contributed by atoms with van der Waals surface area (Å²) in [7, 11) is 0. The average Bonchev–Trinajstić information content (AvgIpc) is 2.73. The first kappa shape index (κ1) is 21.7. The van der Waals surface area contributed by atoms with Crippen LogP contribution in [-0.2, 0) is 6.18 Å². The van der Waals surface area contributed by atoms with E-state index >= 15 is 0 Å². The van der Waals surface area contributed by atoms with Gasteiger partial charge in [0.1, 0.15) is 0 Å². The highest BCUT2D eigenvalue weighted by molar-refractivity contribution is 6.31. The smallest absolute Gasteiger partial charge is 0.338 e. The van der Waals surface area contributed by atoms with E-state index in [4.69, 9.17) is 11.6 Å². The quantitative estimate of drug-likeness (QED) is 0.447. The van der Waals surface area contributed by atoms with Crippen LogP contribution in [0.3, 0.4) is 0 Å². The van der Waals surface area contributed by atoms with E-state index in [2.05, 4.69) is 10.6 Å². The zero-order valence-corrected chi connectivity index (χ0v) is 16.7. The molecule has 0 aliphatic rings. The summed E-state index contributed by atoms with van der Waals surface area (Å²) in [4.78, 5) is 12.2. The van der Waals surface area contributed by atoms with Crippen molar-refractivity contribution < 1.29 is 18.0 Å². The van der Waals surface area contributed by atoms with Gasteiger partial charge < -0.3 is 10.6 Å². The highest BCUT2D eigenvalue weighted by Gasteiger charge is 2.33. The summed E-state index contributed by atoms with van der Waals surface area (Å²) >= 11 is 5.60. The van der Waals surface area contributed by atoms with Gasteiger partial charge in [0.25, 0.3) is 0 Å². The molecule has 0 heterocycles. The predicted molar refractivity (Wildman–Crippen MR) is 113 cm³/mol. The molecule has 0 aliphatic carbocycles. The number of anilines is 1. The highest BCUT2D eigenvalue weighted by Crippen LogP contribution is 2.36. The van der Waals surface area contributed by atoms with Crippen LogP contribution in [0.1, 0.15) is 29.0 Å². The topological polar surface area (TPSA) is 41.1 Å². The molecule has 0 atom stereocenters. The zero-order valence-electron chi connectivity index (χ0n) is 15.9. The maximum atomic E-state index is 13.0. The summed E-state index contributed by atoms with van der Waals surface area (Å²) in [6.07, 6.45) is -3.96. The average molecular weight is 433 g/mol. The number of hydrogen-bond donors (Lipinski definition) is 2. The molecule has 0 spiro atoms. The molecule has 3 aromatic rings. The number of amides is 2. The van der Waals surface area contributed by atoms with Gasteiger partial charge in [0.05, 0.1) is 10.6 Å². The Kier molecular flexibility index (Phi) is 7.00. The first-order valence-corrected chi connectivity index (χ1v) is 9.74. The molecule has 2 amide bonds. The number of carbonyl (C=O) groups is 1. The Labute approximate surface area is 177 Å². The van der Waals surface area contributed by atoms with Gasteiger partial charge in [-0.3, -0.25) is 0 Å². The Hall–Kier alpha value is -2.99. The van der Waals surface area contributed by atoms with Crippen LogP contribution in [0.4, 0.5) is 23.7 Å². The van der Waals surface area contributed by atoms with Crippen LogP contribution in [0.25, 0.3) is 0 Å². The van der Waals surface area contributed by atoms with E-state index in [0.717, 1.165) is 23.3 Å². The molecule has 0 bridgehead atoms. The molecule has 0 fully saturated rings. The molecule has 0 unspecified atom stereocenters. The minimum atomic E-state index is -4.59. The number of alkyl halides is 3. The molecule has 0 aromatic heterocycles.